The van der Waals surface area contributed by atoms with Gasteiger partial charge < -0.3 is 14.8 Å². The number of methoxy groups -OCH3 is 1. The molecule has 33 heavy (non-hydrogen) atoms. The Morgan fingerprint density at radius 2 is 1.82 bits per heavy atom. The molecule has 1 N–H and O–H groups in total. The molecule has 2 aromatic rings. The van der Waals surface area contributed by atoms with E-state index in [4.69, 9.17) is 21.1 Å². The maximum atomic E-state index is 12.4. The van der Waals surface area contributed by atoms with Gasteiger partial charge in [-0.15, -0.1) is 0 Å². The lowest BCUT2D eigenvalue weighted by Gasteiger charge is -2.13. The molecule has 0 saturated carbocycles. The predicted octanol–water partition coefficient (Wildman–Crippen LogP) is 7.29. The standard InChI is InChI=1S/C26H31ClN2O3S/c1-4-5-6-7-8-9-14-32-24-21(27)15-19(16-22(24)31-3)17-23-25(30)29-26(33-23)28-20-12-10-18(2)11-13-20/h10-13,15-17H,4-9,14H2,1-3H3,(H,28,29,30). The minimum absolute atomic E-state index is 0.190. The van der Waals surface area contributed by atoms with E-state index in [9.17, 15) is 4.79 Å². The summed E-state index contributed by atoms with van der Waals surface area (Å²) in [6.45, 7) is 4.83. The third-order valence-corrected chi connectivity index (χ3v) is 6.40. The molecule has 2 aromatic carbocycles. The number of benzene rings is 2. The summed E-state index contributed by atoms with van der Waals surface area (Å²) >= 11 is 7.80. The van der Waals surface area contributed by atoms with E-state index in [0.717, 1.165) is 29.7 Å². The second kappa shape index (κ2) is 12.7. The van der Waals surface area contributed by atoms with E-state index in [-0.39, 0.29) is 5.91 Å². The Morgan fingerprint density at radius 1 is 1.09 bits per heavy atom. The molecule has 3 rings (SSSR count). The summed E-state index contributed by atoms with van der Waals surface area (Å²) in [4.78, 5) is 17.5. The first-order chi connectivity index (χ1) is 16.0. The molecule has 1 amide bonds. The molecule has 0 atom stereocenters. The van der Waals surface area contributed by atoms with E-state index >= 15 is 0 Å². The van der Waals surface area contributed by atoms with Crippen molar-refractivity contribution in [3.63, 3.8) is 0 Å². The van der Waals surface area contributed by atoms with Crippen LogP contribution in [0.2, 0.25) is 5.02 Å². The second-order valence-electron chi connectivity index (χ2n) is 7.97. The van der Waals surface area contributed by atoms with Gasteiger partial charge in [0.2, 0.25) is 0 Å². The highest BCUT2D eigenvalue weighted by Crippen LogP contribution is 2.38. The average molecular weight is 487 g/mol. The first-order valence-electron chi connectivity index (χ1n) is 11.4. The summed E-state index contributed by atoms with van der Waals surface area (Å²) in [6, 6.07) is 11.4. The van der Waals surface area contributed by atoms with Gasteiger partial charge in [-0.1, -0.05) is 68.3 Å². The minimum Gasteiger partial charge on any atom is -0.493 e. The van der Waals surface area contributed by atoms with Gasteiger partial charge in [-0.05, 0) is 61.0 Å². The number of rotatable bonds is 11. The first-order valence-corrected chi connectivity index (χ1v) is 12.6. The maximum Gasteiger partial charge on any atom is 0.264 e. The summed E-state index contributed by atoms with van der Waals surface area (Å²) in [6.07, 6.45) is 8.93. The van der Waals surface area contributed by atoms with Crippen LogP contribution in [0.1, 0.15) is 56.6 Å². The molecule has 176 valence electrons. The van der Waals surface area contributed by atoms with Gasteiger partial charge in [0.1, 0.15) is 0 Å². The normalized spacial score (nSPS) is 15.8. The van der Waals surface area contributed by atoms with Crippen LogP contribution in [0.25, 0.3) is 6.08 Å². The number of aryl methyl sites for hydroxylation is 1. The number of thioether (sulfide) groups is 1. The Hall–Kier alpha value is -2.44. The van der Waals surface area contributed by atoms with Gasteiger partial charge in [-0.25, -0.2) is 4.99 Å². The zero-order valence-corrected chi connectivity index (χ0v) is 21.0. The van der Waals surface area contributed by atoms with Crippen molar-refractivity contribution >= 4 is 46.2 Å². The van der Waals surface area contributed by atoms with E-state index in [0.29, 0.717) is 33.2 Å². The molecule has 5 nitrogen and oxygen atoms in total. The second-order valence-corrected chi connectivity index (χ2v) is 9.41. The van der Waals surface area contributed by atoms with E-state index < -0.39 is 0 Å². The van der Waals surface area contributed by atoms with Crippen molar-refractivity contribution < 1.29 is 14.3 Å². The van der Waals surface area contributed by atoms with Gasteiger partial charge >= 0.3 is 0 Å². The number of carbonyl (C=O) groups excluding carboxylic acids is 1. The number of hydrogen-bond donors (Lipinski definition) is 1. The fourth-order valence-corrected chi connectivity index (χ4v) is 4.50. The molecule has 0 aliphatic carbocycles. The fraction of sp³-hybridized carbons (Fsp3) is 0.385. The van der Waals surface area contributed by atoms with Gasteiger partial charge in [-0.3, -0.25) is 4.79 Å². The lowest BCUT2D eigenvalue weighted by atomic mass is 10.1. The van der Waals surface area contributed by atoms with Crippen LogP contribution in [0.4, 0.5) is 5.69 Å². The van der Waals surface area contributed by atoms with Crippen LogP contribution in [-0.2, 0) is 4.79 Å². The van der Waals surface area contributed by atoms with Crippen LogP contribution in [0.3, 0.4) is 0 Å². The molecule has 0 radical (unpaired) electrons. The first kappa shape index (κ1) is 25.2. The molecule has 0 spiro atoms. The van der Waals surface area contributed by atoms with Crippen LogP contribution < -0.4 is 14.8 Å². The van der Waals surface area contributed by atoms with Gasteiger partial charge in [0.05, 0.1) is 29.3 Å². The zero-order chi connectivity index (χ0) is 23.6. The van der Waals surface area contributed by atoms with Crippen LogP contribution in [0.15, 0.2) is 46.3 Å². The van der Waals surface area contributed by atoms with Crippen LogP contribution >= 0.6 is 23.4 Å². The Morgan fingerprint density at radius 3 is 2.55 bits per heavy atom. The highest BCUT2D eigenvalue weighted by molar-refractivity contribution is 8.18. The third-order valence-electron chi connectivity index (χ3n) is 5.21. The summed E-state index contributed by atoms with van der Waals surface area (Å²) in [5.41, 5.74) is 2.71. The molecule has 1 heterocycles. The molecular weight excluding hydrogens is 456 g/mol. The molecule has 0 aromatic heterocycles. The van der Waals surface area contributed by atoms with Crippen molar-refractivity contribution in [1.82, 2.24) is 5.32 Å². The molecule has 0 bridgehead atoms. The molecule has 0 unspecified atom stereocenters. The number of hydrogen-bond acceptors (Lipinski definition) is 5. The van der Waals surface area contributed by atoms with Crippen molar-refractivity contribution in [2.24, 2.45) is 4.99 Å². The molecule has 1 saturated heterocycles. The zero-order valence-electron chi connectivity index (χ0n) is 19.4. The molecule has 1 fully saturated rings. The van der Waals surface area contributed by atoms with Gasteiger partial charge in [0, 0.05) is 0 Å². The molecule has 1 aliphatic rings. The Kier molecular flexibility index (Phi) is 9.70. The van der Waals surface area contributed by atoms with E-state index in [1.54, 1.807) is 19.3 Å². The molecular formula is C26H31ClN2O3S. The average Bonchev–Trinajstić information content (AvgIpc) is 3.14. The fourth-order valence-electron chi connectivity index (χ4n) is 3.39. The van der Waals surface area contributed by atoms with Crippen LogP contribution in [0.5, 0.6) is 11.5 Å². The Balaban J connectivity index is 1.66. The van der Waals surface area contributed by atoms with Crippen molar-refractivity contribution in [3.8, 4) is 11.5 Å². The largest absolute Gasteiger partial charge is 0.493 e. The quantitative estimate of drug-likeness (QED) is 0.267. The van der Waals surface area contributed by atoms with E-state index in [1.165, 1.54) is 37.4 Å². The lowest BCUT2D eigenvalue weighted by molar-refractivity contribution is -0.115. The number of amidine groups is 1. The van der Waals surface area contributed by atoms with Gasteiger partial charge in [0.15, 0.2) is 16.7 Å². The number of nitrogens with one attached hydrogen (secondary N) is 1. The summed E-state index contributed by atoms with van der Waals surface area (Å²) in [7, 11) is 1.59. The third kappa shape index (κ3) is 7.54. The van der Waals surface area contributed by atoms with Crippen LogP contribution in [-0.4, -0.2) is 24.8 Å². The highest BCUT2D eigenvalue weighted by Gasteiger charge is 2.24. The number of halogens is 1. The van der Waals surface area contributed by atoms with E-state index in [2.05, 4.69) is 17.2 Å². The maximum absolute atomic E-state index is 12.4. The monoisotopic (exact) mass is 486 g/mol. The molecule has 1 aliphatic heterocycles. The van der Waals surface area contributed by atoms with Crippen molar-refractivity contribution in [3.05, 3.63) is 57.5 Å². The Bertz CT molecular complexity index is 1020. The number of carbonyl (C=O) groups is 1. The summed E-state index contributed by atoms with van der Waals surface area (Å²) in [5.74, 6) is 0.904. The summed E-state index contributed by atoms with van der Waals surface area (Å²) in [5, 5.41) is 3.82. The SMILES string of the molecule is CCCCCCCCOc1c(Cl)cc(C=C2SC(=Nc3ccc(C)cc3)NC2=O)cc1OC. The number of ether oxygens (including phenoxy) is 2. The van der Waals surface area contributed by atoms with Crippen molar-refractivity contribution in [1.29, 1.82) is 0 Å². The number of amides is 1. The lowest BCUT2D eigenvalue weighted by Crippen LogP contribution is -2.19. The highest BCUT2D eigenvalue weighted by atomic mass is 35.5. The number of unbranched alkanes of at least 4 members (excludes halogenated alkanes) is 5. The van der Waals surface area contributed by atoms with E-state index in [1.807, 2.05) is 37.3 Å². The van der Waals surface area contributed by atoms with Gasteiger partial charge in [-0.2, -0.15) is 0 Å². The number of aliphatic imine (C=N–C) groups is 1. The van der Waals surface area contributed by atoms with Crippen molar-refractivity contribution in [2.45, 2.75) is 52.4 Å². The van der Waals surface area contributed by atoms with Crippen LogP contribution in [0, 0.1) is 6.92 Å². The Labute approximate surface area is 205 Å². The number of nitrogens with zero attached hydrogens (tertiary/aromatic N) is 1. The van der Waals surface area contributed by atoms with Crippen molar-refractivity contribution in [2.75, 3.05) is 13.7 Å². The topological polar surface area (TPSA) is 59.9 Å². The smallest absolute Gasteiger partial charge is 0.264 e. The molecule has 7 heteroatoms. The predicted molar refractivity (Wildman–Crippen MR) is 139 cm³/mol. The van der Waals surface area contributed by atoms with Gasteiger partial charge in [0.25, 0.3) is 5.91 Å². The minimum atomic E-state index is -0.190. The summed E-state index contributed by atoms with van der Waals surface area (Å²) < 4.78 is 11.4.